The molecule has 16 unspecified atom stereocenters. The molecular formula is C84H149N3O28. The first kappa shape index (κ1) is 103. The largest absolute Gasteiger partial charge is 0.394 e. The molecule has 0 bridgehead atoms. The van der Waals surface area contributed by atoms with Crippen molar-refractivity contribution in [1.29, 1.82) is 0 Å². The van der Waals surface area contributed by atoms with Gasteiger partial charge in [-0.05, 0) is 111 Å². The van der Waals surface area contributed by atoms with Gasteiger partial charge in [0.2, 0.25) is 17.7 Å². The zero-order chi connectivity index (χ0) is 84.6. The molecule has 31 nitrogen and oxygen atoms in total. The summed E-state index contributed by atoms with van der Waals surface area (Å²) in [7, 11) is 0. The van der Waals surface area contributed by atoms with Gasteiger partial charge in [0.15, 0.2) is 18.9 Å². The molecular weight excluding hydrogens is 1500 g/mol. The maximum Gasteiger partial charge on any atom is 0.222 e. The second-order valence-electron chi connectivity index (χ2n) is 33.5. The lowest BCUT2D eigenvalue weighted by atomic mass is 9.83. The van der Waals surface area contributed by atoms with Gasteiger partial charge >= 0.3 is 0 Å². The number of unbranched alkanes of at least 4 members (excludes halogenated alkanes) is 14. The van der Waals surface area contributed by atoms with E-state index in [0.717, 1.165) is 44.9 Å². The molecule has 4 heterocycles. The number of rotatable bonds is 67. The number of aliphatic hydroxyl groups excluding tert-OH is 10. The van der Waals surface area contributed by atoms with Crippen molar-refractivity contribution in [3.8, 4) is 0 Å². The number of amides is 3. The summed E-state index contributed by atoms with van der Waals surface area (Å²) in [5.41, 5.74) is -1.43. The van der Waals surface area contributed by atoms with Gasteiger partial charge in [-0.25, -0.2) is 0 Å². The predicted octanol–water partition coefficient (Wildman–Crippen LogP) is 5.42. The van der Waals surface area contributed by atoms with Crippen LogP contribution in [0.15, 0.2) is 0 Å². The highest BCUT2D eigenvalue weighted by Crippen LogP contribution is 2.32. The van der Waals surface area contributed by atoms with E-state index in [4.69, 9.17) is 47.4 Å². The van der Waals surface area contributed by atoms with Crippen molar-refractivity contribution in [1.82, 2.24) is 15.5 Å². The van der Waals surface area contributed by atoms with Gasteiger partial charge in [-0.1, -0.05) is 72.1 Å². The smallest absolute Gasteiger partial charge is 0.222 e. The van der Waals surface area contributed by atoms with Crippen LogP contribution >= 0.6 is 0 Å². The van der Waals surface area contributed by atoms with Crippen LogP contribution in [-0.2, 0) is 85.7 Å². The van der Waals surface area contributed by atoms with E-state index >= 15 is 0 Å². The molecule has 4 aliphatic heterocycles. The standard InChI is InChI=1S/C84H149N3O28/c1-58-74(100)77(103)68(51-88)113-80(58)109-42-24-21-32-62(91)28-16-13-18-30-64(93)37-45-106-55-84(49-66(95)34-15-11-9-7-8-10-12-20-36-73(99)87-50-67(96)48-61(87)54-112-83(4,5)6,56-107-46-38-65(94)31-19-14-17-29-63(92)33-22-25-43-110-81-59(2)75(101)78(104)69(52-89)114-81)57-108-47-39-72(98)86-41-27-40-85-71(97)35-23-26-44-111-82-60(3)76(102)79(105)70(53-90)115-82/h58-61,67-70,74-82,88-90,96,100-105H,7-57H2,1-6H3,(H,85,97)(H,86,98)/t58?,59?,60?,61-,67?,68?,69?,70?,74?,75?,76?,77?,78?,79?,80?,81?,82?,84?/m0/s1. The Labute approximate surface area is 682 Å². The van der Waals surface area contributed by atoms with E-state index in [1.165, 1.54) is 0 Å². The van der Waals surface area contributed by atoms with Crippen LogP contribution in [0.3, 0.4) is 0 Å². The third-order valence-electron chi connectivity index (χ3n) is 22.1. The van der Waals surface area contributed by atoms with E-state index in [2.05, 4.69) is 10.6 Å². The Morgan fingerprint density at radius 1 is 0.383 bits per heavy atom. The Kier molecular flexibility index (Phi) is 52.9. The van der Waals surface area contributed by atoms with Crippen molar-refractivity contribution < 1.29 is 137 Å². The molecule has 4 rings (SSSR count). The minimum atomic E-state index is -1.23. The summed E-state index contributed by atoms with van der Waals surface area (Å²) in [6, 6.07) is -0.136. The molecule has 4 saturated heterocycles. The van der Waals surface area contributed by atoms with Gasteiger partial charge in [0.05, 0.1) is 102 Å². The Hall–Kier alpha value is -4.04. The molecule has 0 aliphatic carbocycles. The van der Waals surface area contributed by atoms with Crippen LogP contribution in [0.2, 0.25) is 0 Å². The van der Waals surface area contributed by atoms with E-state index in [1.54, 1.807) is 25.7 Å². The molecule has 3 amide bonds. The first-order chi connectivity index (χ1) is 55.0. The van der Waals surface area contributed by atoms with Crippen LogP contribution in [-0.4, -0.2) is 300 Å². The quantitative estimate of drug-likeness (QED) is 0.0338. The molecule has 0 radical (unpaired) electrons. The normalized spacial score (nSPS) is 26.4. The molecule has 31 heteroatoms. The number of hydrogen-bond acceptors (Lipinski definition) is 28. The van der Waals surface area contributed by atoms with Gasteiger partial charge in [0, 0.05) is 146 Å². The fourth-order valence-corrected chi connectivity index (χ4v) is 14.6. The number of nitrogens with one attached hydrogen (secondary N) is 2. The molecule has 0 aromatic rings. The Bertz CT molecular complexity index is 2490. The Morgan fingerprint density at radius 2 is 0.704 bits per heavy atom. The van der Waals surface area contributed by atoms with Crippen LogP contribution in [0.25, 0.3) is 0 Å². The molecule has 0 aromatic carbocycles. The fraction of sp³-hybridized carbons (Fsp3) is 0.905. The lowest BCUT2D eigenvalue weighted by Crippen LogP contribution is -2.55. The lowest BCUT2D eigenvalue weighted by Gasteiger charge is -2.40. The molecule has 0 saturated carbocycles. The zero-order valence-corrected chi connectivity index (χ0v) is 70.1. The van der Waals surface area contributed by atoms with E-state index in [0.29, 0.717) is 148 Å². The van der Waals surface area contributed by atoms with Crippen molar-refractivity contribution in [3.05, 3.63) is 0 Å². The first-order valence-electron chi connectivity index (χ1n) is 43.2. The average Bonchev–Trinajstić information content (AvgIpc) is 1.85. The monoisotopic (exact) mass is 1650 g/mol. The van der Waals surface area contributed by atoms with Crippen molar-refractivity contribution in [2.24, 2.45) is 23.2 Å². The lowest BCUT2D eigenvalue weighted by molar-refractivity contribution is -0.282. The molecule has 4 fully saturated rings. The molecule has 12 N–H and O–H groups in total. The highest BCUT2D eigenvalue weighted by atomic mass is 16.7. The van der Waals surface area contributed by atoms with Crippen molar-refractivity contribution >= 4 is 46.6 Å². The third-order valence-corrected chi connectivity index (χ3v) is 22.1. The number of ether oxygens (including phenoxy) is 10. The number of β-amino-alcohol motifs (C(OH)–C–C–N with tert-alkyl or cyclic N) is 1. The Morgan fingerprint density at radius 3 is 1.09 bits per heavy atom. The number of hydrogen-bond donors (Lipinski definition) is 12. The number of Topliss-reactive ketones (excluding diaryl/α,β-unsaturated/α-hetero) is 5. The summed E-state index contributed by atoms with van der Waals surface area (Å²) in [6.45, 7) is 11.6. The van der Waals surface area contributed by atoms with Crippen molar-refractivity contribution in [3.63, 3.8) is 0 Å². The summed E-state index contributed by atoms with van der Waals surface area (Å²) in [4.78, 5) is 107. The highest BCUT2D eigenvalue weighted by Gasteiger charge is 2.45. The summed E-state index contributed by atoms with van der Waals surface area (Å²) in [5.74, 6) is -1.88. The molecule has 115 heavy (non-hydrogen) atoms. The second-order valence-corrected chi connectivity index (χ2v) is 33.5. The van der Waals surface area contributed by atoms with Crippen LogP contribution in [0.5, 0.6) is 0 Å². The van der Waals surface area contributed by atoms with E-state index < -0.39 is 123 Å². The second kappa shape index (κ2) is 58.8. The SMILES string of the molecule is CC1C(OCCCCC(=O)CCCCCC(=O)CCOCC(COCCC(=O)CCCCCC(=O)CCCCOC2OC(CO)C(O)C(O)C2C)(COCCC(=O)NCCCNC(=O)CCCCOC2OC(CO)C(O)C(O)C2C)CC(=O)CCCCCCCCCCC(=O)N2CC(O)C[C@H]2COC(C)(C)C)OC(CO)C(O)C1O. The molecule has 0 spiro atoms. The van der Waals surface area contributed by atoms with Crippen molar-refractivity contribution in [2.45, 2.75) is 358 Å². The molecule has 17 atom stereocenters. The highest BCUT2D eigenvalue weighted by molar-refractivity contribution is 5.81. The Balaban J connectivity index is 1.28. The zero-order valence-electron chi connectivity index (χ0n) is 70.1. The number of carbonyl (C=O) groups is 8. The van der Waals surface area contributed by atoms with E-state index in [1.807, 2.05) is 20.8 Å². The van der Waals surface area contributed by atoms with Gasteiger partial charge in [0.25, 0.3) is 0 Å². The maximum absolute atomic E-state index is 14.2. The number of likely N-dealkylation sites (tertiary alicyclic amines) is 1. The van der Waals surface area contributed by atoms with Crippen LogP contribution in [0.4, 0.5) is 0 Å². The van der Waals surface area contributed by atoms with E-state index in [9.17, 15) is 89.4 Å². The minimum Gasteiger partial charge on any atom is -0.394 e. The summed E-state index contributed by atoms with van der Waals surface area (Å²) in [6.07, 6.45) is 5.30. The van der Waals surface area contributed by atoms with E-state index in [-0.39, 0.29) is 176 Å². The number of nitrogens with zero attached hydrogens (tertiary/aromatic N) is 1. The number of ketones is 5. The fourth-order valence-electron chi connectivity index (χ4n) is 14.6. The molecule has 4 aliphatic rings. The average molecular weight is 1650 g/mol. The summed E-state index contributed by atoms with van der Waals surface area (Å²) < 4.78 is 58.8. The third kappa shape index (κ3) is 42.4. The summed E-state index contributed by atoms with van der Waals surface area (Å²) >= 11 is 0. The van der Waals surface area contributed by atoms with Gasteiger partial charge in [-0.15, -0.1) is 0 Å². The molecule has 0 aromatic heterocycles. The van der Waals surface area contributed by atoms with Gasteiger partial charge in [0.1, 0.15) is 65.5 Å². The topological polar surface area (TPSA) is 458 Å². The maximum atomic E-state index is 14.2. The van der Waals surface area contributed by atoms with Crippen LogP contribution < -0.4 is 10.6 Å². The van der Waals surface area contributed by atoms with Crippen LogP contribution in [0.1, 0.15) is 266 Å². The molecule has 668 valence electrons. The van der Waals surface area contributed by atoms with Gasteiger partial charge in [-0.2, -0.15) is 0 Å². The first-order valence-corrected chi connectivity index (χ1v) is 43.2. The predicted molar refractivity (Wildman–Crippen MR) is 423 cm³/mol. The minimum absolute atomic E-state index is 0.00900. The van der Waals surface area contributed by atoms with Gasteiger partial charge < -0.3 is 114 Å². The number of carbonyl (C=O) groups excluding carboxylic acids is 8. The van der Waals surface area contributed by atoms with Crippen molar-refractivity contribution in [2.75, 3.05) is 106 Å². The number of aliphatic hydroxyl groups is 10. The van der Waals surface area contributed by atoms with Crippen LogP contribution in [0, 0.1) is 23.2 Å². The van der Waals surface area contributed by atoms with Gasteiger partial charge in [-0.3, -0.25) is 38.4 Å². The summed E-state index contributed by atoms with van der Waals surface area (Å²) in [5, 5.41) is 106.